The summed E-state index contributed by atoms with van der Waals surface area (Å²) in [6.45, 7) is 5.22. The fourth-order valence-corrected chi connectivity index (χ4v) is 5.01. The molecule has 2 aliphatic carbocycles. The van der Waals surface area contributed by atoms with Crippen LogP contribution in [-0.2, 0) is 14.3 Å². The summed E-state index contributed by atoms with van der Waals surface area (Å²) in [5.74, 6) is -3.08. The number of carbonyl (C=O) groups is 2. The Hall–Kier alpha value is -2.22. The van der Waals surface area contributed by atoms with Gasteiger partial charge in [0.05, 0.1) is 5.92 Å². The van der Waals surface area contributed by atoms with Crippen molar-refractivity contribution in [2.24, 2.45) is 11.8 Å². The Morgan fingerprint density at radius 1 is 1.21 bits per heavy atom. The number of phenolic OH excluding ortho intramolecular Hbond substituents is 1. The predicted molar refractivity (Wildman–Crippen MR) is 98.0 cm³/mol. The molecule has 1 aliphatic heterocycles. The molecule has 0 radical (unpaired) electrons. The van der Waals surface area contributed by atoms with Gasteiger partial charge in [0, 0.05) is 11.1 Å². The molecule has 4 rings (SSSR count). The van der Waals surface area contributed by atoms with E-state index < -0.39 is 40.6 Å². The van der Waals surface area contributed by atoms with Gasteiger partial charge in [-0.25, -0.2) is 4.79 Å². The summed E-state index contributed by atoms with van der Waals surface area (Å²) in [6, 6.07) is 4.54. The fourth-order valence-electron chi connectivity index (χ4n) is 5.01. The number of benzene rings is 1. The van der Waals surface area contributed by atoms with Crippen LogP contribution in [0.4, 0.5) is 0 Å². The second kappa shape index (κ2) is 5.65. The molecule has 1 spiro atoms. The average Bonchev–Trinajstić information content (AvgIpc) is 2.77. The maximum Gasteiger partial charge on any atom is 0.343 e. The predicted octanol–water partition coefficient (Wildman–Crippen LogP) is 1.24. The maximum absolute atomic E-state index is 13.1. The Morgan fingerprint density at radius 3 is 2.54 bits per heavy atom. The molecule has 1 heterocycles. The Morgan fingerprint density at radius 2 is 1.89 bits per heavy atom. The van der Waals surface area contributed by atoms with Crippen LogP contribution in [0.25, 0.3) is 6.08 Å². The third-order valence-corrected chi connectivity index (χ3v) is 6.65. The summed E-state index contributed by atoms with van der Waals surface area (Å²) in [5.41, 5.74) is -6.52. The summed E-state index contributed by atoms with van der Waals surface area (Å²) in [4.78, 5) is 25.9. The first-order chi connectivity index (χ1) is 13.0. The number of hydrogen-bond donors (Lipinski definition) is 4. The number of aliphatic hydroxyl groups is 3. The van der Waals surface area contributed by atoms with Gasteiger partial charge in [-0.2, -0.15) is 0 Å². The van der Waals surface area contributed by atoms with Crippen molar-refractivity contribution in [3.8, 4) is 5.75 Å². The lowest BCUT2D eigenvalue weighted by Gasteiger charge is -2.53. The zero-order valence-corrected chi connectivity index (χ0v) is 16.0. The fraction of sp³-hybridized carbons (Fsp3) is 0.524. The summed E-state index contributed by atoms with van der Waals surface area (Å²) < 4.78 is 5.50. The monoisotopic (exact) mass is 388 g/mol. The normalized spacial score (nSPS) is 38.8. The van der Waals surface area contributed by atoms with Crippen LogP contribution in [0.15, 0.2) is 23.8 Å². The second-order valence-electron chi connectivity index (χ2n) is 8.51. The zero-order chi connectivity index (χ0) is 20.6. The van der Waals surface area contributed by atoms with Gasteiger partial charge in [-0.15, -0.1) is 0 Å². The van der Waals surface area contributed by atoms with E-state index in [0.717, 1.165) is 0 Å². The highest BCUT2D eigenvalue weighted by atomic mass is 16.6. The average molecular weight is 388 g/mol. The molecule has 28 heavy (non-hydrogen) atoms. The molecule has 5 atom stereocenters. The van der Waals surface area contributed by atoms with Gasteiger partial charge in [-0.05, 0) is 36.5 Å². The minimum Gasteiger partial charge on any atom is -0.508 e. The number of carbonyl (C=O) groups excluding carboxylic acids is 2. The molecule has 0 aromatic heterocycles. The minimum absolute atomic E-state index is 0.0497. The molecular weight excluding hydrogens is 364 g/mol. The van der Waals surface area contributed by atoms with Gasteiger partial charge in [0.15, 0.2) is 11.4 Å². The molecule has 2 fully saturated rings. The molecule has 7 nitrogen and oxygen atoms in total. The van der Waals surface area contributed by atoms with Gasteiger partial charge in [0.1, 0.15) is 11.9 Å². The molecule has 7 heteroatoms. The molecule has 1 aromatic carbocycles. The van der Waals surface area contributed by atoms with E-state index in [1.807, 2.05) is 13.8 Å². The number of rotatable bonds is 3. The molecular formula is C21H24O7. The van der Waals surface area contributed by atoms with E-state index in [1.165, 1.54) is 19.1 Å². The van der Waals surface area contributed by atoms with Gasteiger partial charge in [0.25, 0.3) is 0 Å². The quantitative estimate of drug-likeness (QED) is 0.574. The first-order valence-corrected chi connectivity index (χ1v) is 9.47. The number of aliphatic hydroxyl groups excluding tert-OH is 1. The molecule has 1 aromatic rings. The van der Waals surface area contributed by atoms with Crippen molar-refractivity contribution in [2.45, 2.75) is 56.5 Å². The number of fused-ring (bicyclic) bond motifs is 2. The SMILES string of the molecule is CC(C)CC[C@]1(O)[C@@]2(O)C(=O)O[C@]13C(=Cc1cccc(O)c1C3O)C(=O)[C@H]2C. The Kier molecular flexibility index (Phi) is 3.86. The van der Waals surface area contributed by atoms with E-state index in [9.17, 15) is 30.0 Å². The Bertz CT molecular complexity index is 919. The van der Waals surface area contributed by atoms with Crippen LogP contribution < -0.4 is 0 Å². The van der Waals surface area contributed by atoms with Crippen LogP contribution in [0, 0.1) is 11.8 Å². The van der Waals surface area contributed by atoms with Gasteiger partial charge in [-0.1, -0.05) is 32.9 Å². The van der Waals surface area contributed by atoms with Gasteiger partial charge in [0.2, 0.25) is 11.2 Å². The van der Waals surface area contributed by atoms with E-state index in [2.05, 4.69) is 0 Å². The third-order valence-electron chi connectivity index (χ3n) is 6.65. The van der Waals surface area contributed by atoms with Crippen LogP contribution in [0.5, 0.6) is 5.75 Å². The van der Waals surface area contributed by atoms with Gasteiger partial charge in [-0.3, -0.25) is 4.79 Å². The van der Waals surface area contributed by atoms with Crippen molar-refractivity contribution in [3.05, 3.63) is 34.9 Å². The second-order valence-corrected chi connectivity index (χ2v) is 8.51. The third kappa shape index (κ3) is 1.89. The maximum atomic E-state index is 13.1. The molecule has 3 aliphatic rings. The first-order valence-electron chi connectivity index (χ1n) is 9.47. The number of hydrogen-bond acceptors (Lipinski definition) is 7. The molecule has 2 bridgehead atoms. The van der Waals surface area contributed by atoms with Crippen molar-refractivity contribution in [1.29, 1.82) is 0 Å². The number of Topliss-reactive ketones (excluding diaryl/α,β-unsaturated/α-hetero) is 1. The molecule has 150 valence electrons. The molecule has 1 unspecified atom stereocenters. The summed E-state index contributed by atoms with van der Waals surface area (Å²) in [6.07, 6.45) is 0.0718. The van der Waals surface area contributed by atoms with Gasteiger partial charge >= 0.3 is 5.97 Å². The lowest BCUT2D eigenvalue weighted by Crippen LogP contribution is -2.73. The zero-order valence-electron chi connectivity index (χ0n) is 16.0. The Balaban J connectivity index is 2.04. The lowest BCUT2D eigenvalue weighted by atomic mass is 9.53. The van der Waals surface area contributed by atoms with Gasteiger partial charge < -0.3 is 25.2 Å². The number of phenols is 1. The highest BCUT2D eigenvalue weighted by Crippen LogP contribution is 2.64. The van der Waals surface area contributed by atoms with E-state index in [-0.39, 0.29) is 29.2 Å². The standard InChI is InChI=1S/C21H24O7/c1-10(2)7-8-19(26)20(27)11(3)16(23)13-9-12-5-4-6-14(22)15(12)17(24)21(13,19)28-18(20)25/h4-6,9-11,17,22,24,26-27H,7-8H2,1-3H3/t11-,17?,19+,20+,21+/m1/s1. The first kappa shape index (κ1) is 19.1. The van der Waals surface area contributed by atoms with Crippen molar-refractivity contribution in [2.75, 3.05) is 0 Å². The van der Waals surface area contributed by atoms with E-state index >= 15 is 0 Å². The molecule has 1 saturated carbocycles. The van der Waals surface area contributed by atoms with E-state index in [1.54, 1.807) is 12.1 Å². The summed E-state index contributed by atoms with van der Waals surface area (Å²) in [7, 11) is 0. The smallest absolute Gasteiger partial charge is 0.343 e. The van der Waals surface area contributed by atoms with Crippen LogP contribution in [-0.4, -0.2) is 49.0 Å². The number of aromatic hydroxyl groups is 1. The number of esters is 1. The van der Waals surface area contributed by atoms with Crippen molar-refractivity contribution in [3.63, 3.8) is 0 Å². The van der Waals surface area contributed by atoms with Crippen LogP contribution in [0.2, 0.25) is 0 Å². The van der Waals surface area contributed by atoms with Crippen molar-refractivity contribution < 1.29 is 34.8 Å². The van der Waals surface area contributed by atoms with Crippen molar-refractivity contribution in [1.82, 2.24) is 0 Å². The lowest BCUT2D eigenvalue weighted by molar-refractivity contribution is -0.221. The highest BCUT2D eigenvalue weighted by Gasteiger charge is 2.84. The molecule has 0 amide bonds. The molecule has 4 N–H and O–H groups in total. The summed E-state index contributed by atoms with van der Waals surface area (Å²) >= 11 is 0. The van der Waals surface area contributed by atoms with Crippen LogP contribution in [0.3, 0.4) is 0 Å². The highest BCUT2D eigenvalue weighted by molar-refractivity contribution is 6.12. The summed E-state index contributed by atoms with van der Waals surface area (Å²) in [5, 5.41) is 44.6. The topological polar surface area (TPSA) is 124 Å². The number of ketones is 1. The van der Waals surface area contributed by atoms with Crippen molar-refractivity contribution >= 4 is 17.8 Å². The number of ether oxygens (including phenoxy) is 1. The van der Waals surface area contributed by atoms with Crippen LogP contribution >= 0.6 is 0 Å². The van der Waals surface area contributed by atoms with Crippen LogP contribution in [0.1, 0.15) is 50.8 Å². The van der Waals surface area contributed by atoms with E-state index in [4.69, 9.17) is 4.74 Å². The Labute approximate surface area is 162 Å². The minimum atomic E-state index is -2.49. The largest absolute Gasteiger partial charge is 0.508 e. The van der Waals surface area contributed by atoms with E-state index in [0.29, 0.717) is 12.0 Å². The molecule has 1 saturated heterocycles.